The maximum Gasteiger partial charge on any atom is 0.319 e. The average Bonchev–Trinajstić information content (AvgIpc) is 2.37. The van der Waals surface area contributed by atoms with Crippen molar-refractivity contribution in [2.45, 2.75) is 25.7 Å². The Morgan fingerprint density at radius 1 is 1.25 bits per heavy atom. The summed E-state index contributed by atoms with van der Waals surface area (Å²) in [6.07, 6.45) is 2.12. The first-order valence-corrected chi connectivity index (χ1v) is 7.00. The molecule has 20 heavy (non-hydrogen) atoms. The smallest absolute Gasteiger partial charge is 0.319 e. The van der Waals surface area contributed by atoms with Crippen molar-refractivity contribution in [2.24, 2.45) is 0 Å². The highest BCUT2D eigenvalue weighted by atomic mass is 79.9. The van der Waals surface area contributed by atoms with Gasteiger partial charge in [0.1, 0.15) is 5.82 Å². The number of unbranched alkanes of at least 4 members (excludes halogenated alkanes) is 2. The van der Waals surface area contributed by atoms with Gasteiger partial charge in [0.2, 0.25) is 0 Å². The number of hydrogen-bond donors (Lipinski definition) is 3. The summed E-state index contributed by atoms with van der Waals surface area (Å²) in [4.78, 5) is 21.8. The number of carbonyl (C=O) groups is 2. The van der Waals surface area contributed by atoms with E-state index in [0.29, 0.717) is 23.9 Å². The van der Waals surface area contributed by atoms with Crippen molar-refractivity contribution in [3.63, 3.8) is 0 Å². The maximum absolute atomic E-state index is 13.4. The molecule has 1 aromatic rings. The van der Waals surface area contributed by atoms with Gasteiger partial charge in [-0.2, -0.15) is 0 Å². The normalized spacial score (nSPS) is 10.1. The summed E-state index contributed by atoms with van der Waals surface area (Å²) < 4.78 is 14.0. The zero-order valence-electron chi connectivity index (χ0n) is 10.8. The second kappa shape index (κ2) is 8.52. The SMILES string of the molecule is O=C(O)CCCCCNC(=O)Nc1cc(Br)ccc1F. The quantitative estimate of drug-likeness (QED) is 0.662. The molecule has 0 saturated carbocycles. The van der Waals surface area contributed by atoms with Crippen LogP contribution in [0.4, 0.5) is 14.9 Å². The van der Waals surface area contributed by atoms with Crippen molar-refractivity contribution in [3.8, 4) is 0 Å². The van der Waals surface area contributed by atoms with E-state index >= 15 is 0 Å². The summed E-state index contributed by atoms with van der Waals surface area (Å²) in [7, 11) is 0. The lowest BCUT2D eigenvalue weighted by molar-refractivity contribution is -0.137. The summed E-state index contributed by atoms with van der Waals surface area (Å²) in [5.41, 5.74) is 0.0998. The average molecular weight is 347 g/mol. The lowest BCUT2D eigenvalue weighted by Gasteiger charge is -2.08. The molecule has 0 heterocycles. The molecule has 7 heteroatoms. The largest absolute Gasteiger partial charge is 0.481 e. The molecule has 0 fully saturated rings. The standard InChI is InChI=1S/C13H16BrFN2O3/c14-9-5-6-10(15)11(8-9)17-13(20)16-7-3-1-2-4-12(18)19/h5-6,8H,1-4,7H2,(H,18,19)(H2,16,17,20). The molecule has 5 nitrogen and oxygen atoms in total. The highest BCUT2D eigenvalue weighted by Gasteiger charge is 2.06. The summed E-state index contributed by atoms with van der Waals surface area (Å²) in [5, 5.41) is 13.4. The second-order valence-corrected chi connectivity index (χ2v) is 5.13. The van der Waals surface area contributed by atoms with Gasteiger partial charge in [0.05, 0.1) is 5.69 Å². The highest BCUT2D eigenvalue weighted by molar-refractivity contribution is 9.10. The van der Waals surface area contributed by atoms with Crippen molar-refractivity contribution < 1.29 is 19.1 Å². The Hall–Kier alpha value is -1.63. The molecule has 0 saturated heterocycles. The number of nitrogens with one attached hydrogen (secondary N) is 2. The second-order valence-electron chi connectivity index (χ2n) is 4.21. The molecule has 0 aliphatic rings. The van der Waals surface area contributed by atoms with Crippen LogP contribution in [-0.4, -0.2) is 23.7 Å². The van der Waals surface area contributed by atoms with Crippen molar-refractivity contribution in [3.05, 3.63) is 28.5 Å². The minimum atomic E-state index is -0.819. The molecule has 0 radical (unpaired) electrons. The molecular formula is C13H16BrFN2O3. The van der Waals surface area contributed by atoms with E-state index in [1.54, 1.807) is 6.07 Å². The third-order valence-electron chi connectivity index (χ3n) is 2.53. The molecule has 2 amide bonds. The molecule has 1 aromatic carbocycles. The van der Waals surface area contributed by atoms with Gasteiger partial charge in [-0.1, -0.05) is 22.4 Å². The Labute approximate surface area is 124 Å². The van der Waals surface area contributed by atoms with Gasteiger partial charge in [-0.3, -0.25) is 4.79 Å². The fourth-order valence-corrected chi connectivity index (χ4v) is 1.90. The fourth-order valence-electron chi connectivity index (χ4n) is 1.54. The molecule has 0 aliphatic heterocycles. The van der Waals surface area contributed by atoms with Crippen molar-refractivity contribution in [1.82, 2.24) is 5.32 Å². The molecular weight excluding hydrogens is 331 g/mol. The predicted molar refractivity (Wildman–Crippen MR) is 77.2 cm³/mol. The Morgan fingerprint density at radius 3 is 2.70 bits per heavy atom. The fraction of sp³-hybridized carbons (Fsp3) is 0.385. The van der Waals surface area contributed by atoms with Crippen LogP contribution in [0.2, 0.25) is 0 Å². The maximum atomic E-state index is 13.4. The van der Waals surface area contributed by atoms with Crippen LogP contribution in [-0.2, 0) is 4.79 Å². The van der Waals surface area contributed by atoms with Gasteiger partial charge in [0.25, 0.3) is 0 Å². The van der Waals surface area contributed by atoms with Gasteiger partial charge in [-0.15, -0.1) is 0 Å². The molecule has 3 N–H and O–H groups in total. The Morgan fingerprint density at radius 2 is 2.00 bits per heavy atom. The predicted octanol–water partition coefficient (Wildman–Crippen LogP) is 3.35. The molecule has 1 rings (SSSR count). The first-order chi connectivity index (χ1) is 9.49. The van der Waals surface area contributed by atoms with Crippen LogP contribution < -0.4 is 10.6 Å². The third kappa shape index (κ3) is 6.51. The van der Waals surface area contributed by atoms with Crippen molar-refractivity contribution in [2.75, 3.05) is 11.9 Å². The highest BCUT2D eigenvalue weighted by Crippen LogP contribution is 2.19. The molecule has 0 atom stereocenters. The molecule has 110 valence electrons. The zero-order valence-corrected chi connectivity index (χ0v) is 12.4. The van der Waals surface area contributed by atoms with E-state index in [-0.39, 0.29) is 12.1 Å². The number of aliphatic carboxylic acids is 1. The summed E-state index contributed by atoms with van der Waals surface area (Å²) in [6.45, 7) is 0.418. The zero-order chi connectivity index (χ0) is 15.0. The third-order valence-corrected chi connectivity index (χ3v) is 3.02. The molecule has 0 aliphatic carbocycles. The van der Waals surface area contributed by atoms with Crippen LogP contribution in [0.5, 0.6) is 0 Å². The lowest BCUT2D eigenvalue weighted by atomic mass is 10.2. The molecule has 0 unspecified atom stereocenters. The van der Waals surface area contributed by atoms with E-state index in [0.717, 1.165) is 6.42 Å². The van der Waals surface area contributed by atoms with Crippen LogP contribution >= 0.6 is 15.9 Å². The Kier molecular flexibility index (Phi) is 7.00. The summed E-state index contributed by atoms with van der Waals surface area (Å²) >= 11 is 3.19. The van der Waals surface area contributed by atoms with Crippen LogP contribution in [0.25, 0.3) is 0 Å². The number of urea groups is 1. The lowest BCUT2D eigenvalue weighted by Crippen LogP contribution is -2.29. The van der Waals surface area contributed by atoms with E-state index < -0.39 is 17.8 Å². The van der Waals surface area contributed by atoms with E-state index in [1.165, 1.54) is 12.1 Å². The minimum Gasteiger partial charge on any atom is -0.481 e. The number of benzene rings is 1. The molecule has 0 aromatic heterocycles. The van der Waals surface area contributed by atoms with Gasteiger partial charge in [-0.05, 0) is 31.0 Å². The van der Waals surface area contributed by atoms with Crippen LogP contribution in [0.1, 0.15) is 25.7 Å². The van der Waals surface area contributed by atoms with E-state index in [2.05, 4.69) is 26.6 Å². The summed E-state index contributed by atoms with van der Waals surface area (Å²) in [6, 6.07) is 3.79. The van der Waals surface area contributed by atoms with E-state index in [9.17, 15) is 14.0 Å². The Bertz CT molecular complexity index is 483. The van der Waals surface area contributed by atoms with E-state index in [4.69, 9.17) is 5.11 Å². The number of rotatable bonds is 7. The van der Waals surface area contributed by atoms with E-state index in [1.807, 2.05) is 0 Å². The number of halogens is 2. The van der Waals surface area contributed by atoms with Crippen molar-refractivity contribution in [1.29, 1.82) is 0 Å². The topological polar surface area (TPSA) is 78.4 Å². The number of carbonyl (C=O) groups excluding carboxylic acids is 1. The van der Waals surface area contributed by atoms with Gasteiger partial charge in [0.15, 0.2) is 0 Å². The number of carboxylic acids is 1. The van der Waals surface area contributed by atoms with Gasteiger partial charge in [0, 0.05) is 17.4 Å². The minimum absolute atomic E-state index is 0.0998. The van der Waals surface area contributed by atoms with Gasteiger partial charge in [-0.25, -0.2) is 9.18 Å². The number of hydrogen-bond acceptors (Lipinski definition) is 2. The first kappa shape index (κ1) is 16.4. The van der Waals surface area contributed by atoms with Gasteiger partial charge < -0.3 is 15.7 Å². The molecule has 0 spiro atoms. The van der Waals surface area contributed by atoms with Crippen LogP contribution in [0, 0.1) is 5.82 Å². The first-order valence-electron chi connectivity index (χ1n) is 6.20. The number of amides is 2. The van der Waals surface area contributed by atoms with Crippen LogP contribution in [0.15, 0.2) is 22.7 Å². The Balaban J connectivity index is 2.23. The van der Waals surface area contributed by atoms with Crippen molar-refractivity contribution >= 4 is 33.6 Å². The summed E-state index contributed by atoms with van der Waals surface area (Å²) in [5.74, 6) is -1.33. The van der Waals surface area contributed by atoms with Gasteiger partial charge >= 0.3 is 12.0 Å². The molecule has 0 bridgehead atoms. The number of anilines is 1. The van der Waals surface area contributed by atoms with Crippen LogP contribution in [0.3, 0.4) is 0 Å². The monoisotopic (exact) mass is 346 g/mol. The number of carboxylic acid groups (broad SMARTS) is 1.